The fourth-order valence-corrected chi connectivity index (χ4v) is 3.47. The van der Waals surface area contributed by atoms with E-state index in [2.05, 4.69) is 21.2 Å². The Morgan fingerprint density at radius 2 is 1.85 bits per heavy atom. The number of aryl methyl sites for hydroxylation is 1. The minimum atomic E-state index is -1.50. The zero-order chi connectivity index (χ0) is 19.0. The number of aliphatic imine (C=N–C) groups is 3. The highest BCUT2D eigenvalue weighted by Crippen LogP contribution is 2.34. The lowest BCUT2D eigenvalue weighted by atomic mass is 9.88. The van der Waals surface area contributed by atoms with Crippen LogP contribution in [0.4, 0.5) is 4.39 Å². The fourth-order valence-electron chi connectivity index (χ4n) is 3.47. The smallest absolute Gasteiger partial charge is 0.219 e. The number of hydrogen-bond donors (Lipinski definition) is 3. The summed E-state index contributed by atoms with van der Waals surface area (Å²) in [6.45, 7) is 0. The van der Waals surface area contributed by atoms with Crippen LogP contribution in [0.3, 0.4) is 0 Å². The van der Waals surface area contributed by atoms with Gasteiger partial charge in [-0.1, -0.05) is 41.6 Å². The van der Waals surface area contributed by atoms with Crippen LogP contribution in [0.15, 0.2) is 68.7 Å². The van der Waals surface area contributed by atoms with Crippen LogP contribution in [0, 0.1) is 5.82 Å². The van der Waals surface area contributed by atoms with Crippen molar-refractivity contribution in [3.05, 3.63) is 71.0 Å². The van der Waals surface area contributed by atoms with E-state index in [1.54, 1.807) is 0 Å². The maximum absolute atomic E-state index is 13.4. The summed E-state index contributed by atoms with van der Waals surface area (Å²) in [5.41, 5.74) is 13.9. The van der Waals surface area contributed by atoms with Crippen molar-refractivity contribution in [2.45, 2.75) is 18.4 Å². The summed E-state index contributed by atoms with van der Waals surface area (Å²) in [5.74, 6) is -0.521. The molecule has 8 heteroatoms. The van der Waals surface area contributed by atoms with Crippen LogP contribution >= 0.6 is 0 Å². The maximum atomic E-state index is 13.4. The molecule has 0 bridgehead atoms. The number of halogens is 1. The molecule has 5 N–H and O–H groups in total. The Bertz CT molecular complexity index is 1020. The monoisotopic (exact) mass is 364 g/mol. The molecule has 1 unspecified atom stereocenters. The van der Waals surface area contributed by atoms with Crippen LogP contribution in [0.5, 0.6) is 0 Å². The van der Waals surface area contributed by atoms with Gasteiger partial charge in [0.1, 0.15) is 5.82 Å². The van der Waals surface area contributed by atoms with Crippen LogP contribution in [0.1, 0.15) is 23.1 Å². The van der Waals surface area contributed by atoms with Crippen LogP contribution in [0.2, 0.25) is 0 Å². The van der Waals surface area contributed by atoms with Gasteiger partial charge in [-0.2, -0.15) is 4.99 Å². The molecule has 0 fully saturated rings. The highest BCUT2D eigenvalue weighted by Gasteiger charge is 2.47. The number of benzene rings is 2. The third-order valence-corrected chi connectivity index (χ3v) is 4.77. The Morgan fingerprint density at radius 3 is 2.59 bits per heavy atom. The van der Waals surface area contributed by atoms with Gasteiger partial charge in [0, 0.05) is 0 Å². The molecule has 1 aliphatic heterocycles. The number of fused-ring (bicyclic) bond motifs is 1. The molecule has 0 saturated carbocycles. The van der Waals surface area contributed by atoms with Crippen molar-refractivity contribution < 1.29 is 9.60 Å². The molecule has 27 heavy (non-hydrogen) atoms. The molecular weight excluding hydrogens is 347 g/mol. The second kappa shape index (κ2) is 6.31. The van der Waals surface area contributed by atoms with E-state index in [-0.39, 0.29) is 17.6 Å². The Labute approximate surface area is 154 Å². The molecule has 4 rings (SSSR count). The van der Waals surface area contributed by atoms with Gasteiger partial charge in [0.15, 0.2) is 11.7 Å². The lowest BCUT2D eigenvalue weighted by Crippen LogP contribution is -2.45. The van der Waals surface area contributed by atoms with E-state index in [0.29, 0.717) is 5.56 Å². The van der Waals surface area contributed by atoms with Gasteiger partial charge in [-0.05, 0) is 41.7 Å². The third-order valence-electron chi connectivity index (χ3n) is 4.77. The van der Waals surface area contributed by atoms with Crippen molar-refractivity contribution in [2.24, 2.45) is 31.6 Å². The molecule has 0 amide bonds. The predicted octanol–water partition coefficient (Wildman–Crippen LogP) is 1.93. The molecule has 7 nitrogen and oxygen atoms in total. The predicted molar refractivity (Wildman–Crippen MR) is 102 cm³/mol. The standard InChI is InChI=1S/C19H17FN6O/c20-13-8-6-12(7-9-13)19(16(21)26-27)17(24-18(22)25-19)23-15-10-5-11-3-1-2-4-14(11)15/h1-4,6-9,27H,5,10H2,(H2,21,26)(H2,22,25). The second-order valence-corrected chi connectivity index (χ2v) is 6.32. The zero-order valence-electron chi connectivity index (χ0n) is 14.3. The molecule has 0 spiro atoms. The molecular formula is C19H17FN6O. The van der Waals surface area contributed by atoms with Gasteiger partial charge in [0.05, 0.1) is 5.71 Å². The van der Waals surface area contributed by atoms with Crippen LogP contribution in [0.25, 0.3) is 0 Å². The fraction of sp³-hybridized carbons (Fsp3) is 0.158. The lowest BCUT2D eigenvalue weighted by molar-refractivity contribution is 0.314. The number of rotatable bonds is 2. The van der Waals surface area contributed by atoms with Gasteiger partial charge in [0.25, 0.3) is 0 Å². The lowest BCUT2D eigenvalue weighted by Gasteiger charge is -2.25. The van der Waals surface area contributed by atoms with E-state index >= 15 is 0 Å². The minimum absolute atomic E-state index is 0.0449. The molecule has 2 aliphatic rings. The summed E-state index contributed by atoms with van der Waals surface area (Å²) >= 11 is 0. The Kier molecular flexibility index (Phi) is 3.95. The van der Waals surface area contributed by atoms with Crippen LogP contribution in [-0.2, 0) is 12.0 Å². The van der Waals surface area contributed by atoms with Gasteiger partial charge in [-0.3, -0.25) is 0 Å². The molecule has 0 aromatic heterocycles. The van der Waals surface area contributed by atoms with Crippen molar-refractivity contribution in [3.63, 3.8) is 0 Å². The number of oxime groups is 1. The number of nitrogens with zero attached hydrogens (tertiary/aromatic N) is 4. The van der Waals surface area contributed by atoms with Gasteiger partial charge >= 0.3 is 0 Å². The van der Waals surface area contributed by atoms with E-state index in [1.165, 1.54) is 29.8 Å². The molecule has 0 radical (unpaired) electrons. The number of amidine groups is 2. The SMILES string of the molecule is NC1=NC(C(N)=NO)(c2ccc(F)cc2)C(N=C2CCc3ccccc32)=N1. The van der Waals surface area contributed by atoms with Crippen LogP contribution in [-0.4, -0.2) is 28.5 Å². The first kappa shape index (κ1) is 16.9. The van der Waals surface area contributed by atoms with Gasteiger partial charge < -0.3 is 16.7 Å². The van der Waals surface area contributed by atoms with Crippen molar-refractivity contribution >= 4 is 23.3 Å². The first-order valence-corrected chi connectivity index (χ1v) is 8.39. The average molecular weight is 364 g/mol. The zero-order valence-corrected chi connectivity index (χ0v) is 14.3. The summed E-state index contributed by atoms with van der Waals surface area (Å²) in [4.78, 5) is 13.2. The van der Waals surface area contributed by atoms with E-state index in [0.717, 1.165) is 24.1 Å². The highest BCUT2D eigenvalue weighted by molar-refractivity contribution is 6.24. The Morgan fingerprint density at radius 1 is 1.11 bits per heavy atom. The molecule has 0 saturated heterocycles. The summed E-state index contributed by atoms with van der Waals surface area (Å²) in [5, 5.41) is 12.5. The molecule has 136 valence electrons. The Balaban J connectivity index is 1.88. The molecule has 1 heterocycles. The van der Waals surface area contributed by atoms with Crippen molar-refractivity contribution in [1.29, 1.82) is 0 Å². The van der Waals surface area contributed by atoms with Crippen molar-refractivity contribution in [1.82, 2.24) is 0 Å². The van der Waals surface area contributed by atoms with Gasteiger partial charge in [-0.15, -0.1) is 0 Å². The van der Waals surface area contributed by atoms with E-state index in [1.807, 2.05) is 18.2 Å². The summed E-state index contributed by atoms with van der Waals surface area (Å²) in [7, 11) is 0. The van der Waals surface area contributed by atoms with E-state index in [4.69, 9.17) is 16.5 Å². The minimum Gasteiger partial charge on any atom is -0.409 e. The molecule has 1 aliphatic carbocycles. The first-order valence-electron chi connectivity index (χ1n) is 8.39. The average Bonchev–Trinajstić information content (AvgIpc) is 3.24. The van der Waals surface area contributed by atoms with E-state index in [9.17, 15) is 9.60 Å². The van der Waals surface area contributed by atoms with E-state index < -0.39 is 11.4 Å². The van der Waals surface area contributed by atoms with Gasteiger partial charge in [-0.25, -0.2) is 14.4 Å². The third kappa shape index (κ3) is 2.66. The normalized spacial score (nSPS) is 23.3. The summed E-state index contributed by atoms with van der Waals surface area (Å²) in [6.07, 6.45) is 1.60. The van der Waals surface area contributed by atoms with Gasteiger partial charge in [0.2, 0.25) is 11.5 Å². The number of guanidine groups is 1. The van der Waals surface area contributed by atoms with Crippen molar-refractivity contribution in [2.75, 3.05) is 0 Å². The Hall–Kier alpha value is -3.55. The molecule has 1 atom stereocenters. The number of nitrogens with two attached hydrogens (primary N) is 2. The molecule has 2 aromatic rings. The van der Waals surface area contributed by atoms with Crippen molar-refractivity contribution in [3.8, 4) is 0 Å². The largest absolute Gasteiger partial charge is 0.409 e. The maximum Gasteiger partial charge on any atom is 0.219 e. The quantitative estimate of drug-likeness (QED) is 0.327. The van der Waals surface area contributed by atoms with Crippen LogP contribution < -0.4 is 11.5 Å². The summed E-state index contributed by atoms with van der Waals surface area (Å²) < 4.78 is 13.4. The first-order chi connectivity index (χ1) is 13.0. The molecule has 2 aromatic carbocycles. The topological polar surface area (TPSA) is 122 Å². The highest BCUT2D eigenvalue weighted by atomic mass is 19.1. The number of hydrogen-bond acceptors (Lipinski definition) is 6. The summed E-state index contributed by atoms with van der Waals surface area (Å²) in [6, 6.07) is 13.5. The second-order valence-electron chi connectivity index (χ2n) is 6.32.